The number of aliphatic hydroxyl groups excluding tert-OH is 1. The summed E-state index contributed by atoms with van der Waals surface area (Å²) in [6.07, 6.45) is 1.71. The van der Waals surface area contributed by atoms with Crippen LogP contribution in [0.2, 0.25) is 0 Å². The molecule has 0 radical (unpaired) electrons. The molecule has 1 N–H and O–H groups in total. The van der Waals surface area contributed by atoms with Crippen molar-refractivity contribution < 1.29 is 90.4 Å². The highest BCUT2D eigenvalue weighted by Gasteiger charge is 1.98. The van der Waals surface area contributed by atoms with Gasteiger partial charge < -0.3 is 90.4 Å². The standard InChI is InChI=1S/C39H78O19/c1-2-4-41-6-8-43-10-12-45-14-16-47-18-20-49-22-24-51-26-28-53-30-32-55-34-36-57-38-39-58-37-35-56-33-31-54-29-27-52-25-23-50-21-19-48-17-15-46-13-11-44-9-7-42-5-3-40/h2,40H,1,3-39H2. The van der Waals surface area contributed by atoms with Crippen LogP contribution in [0.4, 0.5) is 0 Å². The van der Waals surface area contributed by atoms with Crippen molar-refractivity contribution in [3.8, 4) is 0 Å². The molecular weight excluding hydrogens is 772 g/mol. The van der Waals surface area contributed by atoms with Gasteiger partial charge in [0.1, 0.15) is 0 Å². The molecule has 19 nitrogen and oxygen atoms in total. The molecule has 0 heterocycles. The predicted molar refractivity (Wildman–Crippen MR) is 212 cm³/mol. The first kappa shape index (κ1) is 57.0. The highest BCUT2D eigenvalue weighted by atomic mass is 16.6. The van der Waals surface area contributed by atoms with Gasteiger partial charge in [0.25, 0.3) is 0 Å². The second-order valence-electron chi connectivity index (χ2n) is 11.5. The number of aliphatic hydroxyl groups is 1. The van der Waals surface area contributed by atoms with Crippen LogP contribution in [0.15, 0.2) is 12.7 Å². The zero-order valence-corrected chi connectivity index (χ0v) is 35.2. The highest BCUT2D eigenvalue weighted by Crippen LogP contribution is 1.89. The maximum atomic E-state index is 8.59. The van der Waals surface area contributed by atoms with Crippen LogP contribution in [-0.4, -0.2) is 250 Å². The van der Waals surface area contributed by atoms with E-state index in [1.807, 2.05) is 0 Å². The Labute approximate surface area is 347 Å². The number of hydrogen-bond donors (Lipinski definition) is 1. The molecule has 0 amide bonds. The van der Waals surface area contributed by atoms with E-state index >= 15 is 0 Å². The van der Waals surface area contributed by atoms with E-state index in [1.54, 1.807) is 6.08 Å². The van der Waals surface area contributed by atoms with Crippen molar-refractivity contribution >= 4 is 0 Å². The molecule has 0 aliphatic rings. The Balaban J connectivity index is 3.06. The van der Waals surface area contributed by atoms with Crippen LogP contribution >= 0.6 is 0 Å². The van der Waals surface area contributed by atoms with Crippen LogP contribution in [-0.2, 0) is 85.3 Å². The molecule has 0 atom stereocenters. The van der Waals surface area contributed by atoms with Gasteiger partial charge in [0.15, 0.2) is 0 Å². The lowest BCUT2D eigenvalue weighted by Gasteiger charge is -2.09. The summed E-state index contributed by atoms with van der Waals surface area (Å²) in [5.41, 5.74) is 0. The van der Waals surface area contributed by atoms with E-state index in [4.69, 9.17) is 90.4 Å². The first-order chi connectivity index (χ1) is 28.9. The monoisotopic (exact) mass is 851 g/mol. The fourth-order valence-corrected chi connectivity index (χ4v) is 3.97. The SMILES string of the molecule is C=CCOCCOCCOCCOCCOCCOCCOCCOCCOCCOCCOCCOCCOCCOCCOCCOCCOCCOCCO. The van der Waals surface area contributed by atoms with Crippen molar-refractivity contribution in [3.63, 3.8) is 0 Å². The van der Waals surface area contributed by atoms with Crippen LogP contribution in [0.25, 0.3) is 0 Å². The van der Waals surface area contributed by atoms with Gasteiger partial charge in [-0.1, -0.05) is 6.08 Å². The largest absolute Gasteiger partial charge is 0.394 e. The van der Waals surface area contributed by atoms with Gasteiger partial charge in [-0.05, 0) is 0 Å². The van der Waals surface area contributed by atoms with Crippen LogP contribution in [0.5, 0.6) is 0 Å². The Morgan fingerprint density at radius 3 is 0.448 bits per heavy atom. The van der Waals surface area contributed by atoms with Gasteiger partial charge in [0.05, 0.1) is 244 Å². The van der Waals surface area contributed by atoms with Crippen LogP contribution < -0.4 is 0 Å². The number of hydrogen-bond acceptors (Lipinski definition) is 19. The molecule has 0 aromatic rings. The topological polar surface area (TPSA) is 186 Å². The Hall–Kier alpha value is -1.02. The van der Waals surface area contributed by atoms with Gasteiger partial charge in [0, 0.05) is 0 Å². The van der Waals surface area contributed by atoms with E-state index < -0.39 is 0 Å². The van der Waals surface area contributed by atoms with E-state index in [0.717, 1.165) is 0 Å². The molecule has 0 aliphatic carbocycles. The minimum absolute atomic E-state index is 0.0208. The van der Waals surface area contributed by atoms with E-state index in [1.165, 1.54) is 0 Å². The van der Waals surface area contributed by atoms with Crippen molar-refractivity contribution in [1.82, 2.24) is 0 Å². The van der Waals surface area contributed by atoms with Crippen molar-refractivity contribution in [3.05, 3.63) is 12.7 Å². The van der Waals surface area contributed by atoms with Gasteiger partial charge in [-0.15, -0.1) is 6.58 Å². The second kappa shape index (κ2) is 56.0. The van der Waals surface area contributed by atoms with Crippen molar-refractivity contribution in [2.24, 2.45) is 0 Å². The summed E-state index contributed by atoms with van der Waals surface area (Å²) in [6.45, 7) is 21.5. The Bertz CT molecular complexity index is 730. The molecular formula is C39H78O19. The zero-order valence-electron chi connectivity index (χ0n) is 35.2. The molecule has 0 fully saturated rings. The summed E-state index contributed by atoms with van der Waals surface area (Å²) < 4.78 is 97.6. The average Bonchev–Trinajstić information content (AvgIpc) is 3.23. The van der Waals surface area contributed by atoms with Crippen LogP contribution in [0.3, 0.4) is 0 Å². The summed E-state index contributed by atoms with van der Waals surface area (Å²) in [6, 6.07) is 0. The second-order valence-corrected chi connectivity index (χ2v) is 11.5. The Kier molecular flexibility index (Phi) is 55.0. The molecule has 348 valence electrons. The summed E-state index contributed by atoms with van der Waals surface area (Å²) in [4.78, 5) is 0. The lowest BCUT2D eigenvalue weighted by atomic mass is 10.6. The number of rotatable bonds is 55. The van der Waals surface area contributed by atoms with Gasteiger partial charge >= 0.3 is 0 Å². The van der Waals surface area contributed by atoms with Crippen LogP contribution in [0, 0.1) is 0 Å². The molecule has 58 heavy (non-hydrogen) atoms. The first-order valence-electron chi connectivity index (χ1n) is 20.5. The van der Waals surface area contributed by atoms with Crippen molar-refractivity contribution in [1.29, 1.82) is 0 Å². The van der Waals surface area contributed by atoms with Gasteiger partial charge in [-0.25, -0.2) is 0 Å². The van der Waals surface area contributed by atoms with Gasteiger partial charge in [0.2, 0.25) is 0 Å². The fraction of sp³-hybridized carbons (Fsp3) is 0.949. The first-order valence-corrected chi connectivity index (χ1v) is 20.5. The third-order valence-electron chi connectivity index (χ3n) is 6.80. The third kappa shape index (κ3) is 55.0. The molecule has 0 spiro atoms. The zero-order chi connectivity index (χ0) is 41.6. The Morgan fingerprint density at radius 1 is 0.207 bits per heavy atom. The third-order valence-corrected chi connectivity index (χ3v) is 6.80. The average molecular weight is 851 g/mol. The van der Waals surface area contributed by atoms with Crippen molar-refractivity contribution in [2.75, 3.05) is 244 Å². The smallest absolute Gasteiger partial charge is 0.0704 e. The van der Waals surface area contributed by atoms with Crippen molar-refractivity contribution in [2.45, 2.75) is 0 Å². The van der Waals surface area contributed by atoms with E-state index in [0.29, 0.717) is 238 Å². The molecule has 0 aromatic heterocycles. The Morgan fingerprint density at radius 2 is 0.328 bits per heavy atom. The summed E-state index contributed by atoms with van der Waals surface area (Å²) in [5, 5.41) is 8.59. The maximum Gasteiger partial charge on any atom is 0.0704 e. The van der Waals surface area contributed by atoms with Gasteiger partial charge in [-0.3, -0.25) is 0 Å². The summed E-state index contributed by atoms with van der Waals surface area (Å²) in [5.74, 6) is 0. The molecule has 0 bridgehead atoms. The van der Waals surface area contributed by atoms with Gasteiger partial charge in [-0.2, -0.15) is 0 Å². The lowest BCUT2D eigenvalue weighted by Crippen LogP contribution is -2.16. The van der Waals surface area contributed by atoms with Crippen LogP contribution in [0.1, 0.15) is 0 Å². The molecule has 0 aromatic carbocycles. The molecule has 19 heteroatoms. The molecule has 0 rings (SSSR count). The maximum absolute atomic E-state index is 8.59. The summed E-state index contributed by atoms with van der Waals surface area (Å²) in [7, 11) is 0. The number of ether oxygens (including phenoxy) is 18. The highest BCUT2D eigenvalue weighted by molar-refractivity contribution is 4.63. The quantitative estimate of drug-likeness (QED) is 0.0657. The minimum atomic E-state index is 0.0208. The fourth-order valence-electron chi connectivity index (χ4n) is 3.97. The summed E-state index contributed by atoms with van der Waals surface area (Å²) >= 11 is 0. The lowest BCUT2D eigenvalue weighted by molar-refractivity contribution is -0.0310. The molecule has 0 unspecified atom stereocenters. The molecule has 0 aliphatic heterocycles. The normalized spacial score (nSPS) is 11.6. The van der Waals surface area contributed by atoms with E-state index in [-0.39, 0.29) is 6.61 Å². The minimum Gasteiger partial charge on any atom is -0.394 e. The molecule has 0 saturated carbocycles. The van der Waals surface area contributed by atoms with E-state index in [9.17, 15) is 0 Å². The van der Waals surface area contributed by atoms with E-state index in [2.05, 4.69) is 6.58 Å². The molecule has 0 saturated heterocycles. The predicted octanol–water partition coefficient (Wildman–Crippen LogP) is 0.464.